The summed E-state index contributed by atoms with van der Waals surface area (Å²) in [6.45, 7) is 4.62. The first-order valence-electron chi connectivity index (χ1n) is 11.0. The van der Waals surface area contributed by atoms with E-state index in [9.17, 15) is 0 Å². The molecule has 2 aromatic carbocycles. The predicted octanol–water partition coefficient (Wildman–Crippen LogP) is 5.17. The highest BCUT2D eigenvalue weighted by atomic mass is 35.5. The molecule has 1 fully saturated rings. The summed E-state index contributed by atoms with van der Waals surface area (Å²) in [6, 6.07) is 17.8. The van der Waals surface area contributed by atoms with E-state index in [0.29, 0.717) is 6.04 Å². The van der Waals surface area contributed by atoms with Gasteiger partial charge in [0.1, 0.15) is 0 Å². The number of aryl methyl sites for hydroxylation is 2. The lowest BCUT2D eigenvalue weighted by atomic mass is 10.0. The van der Waals surface area contributed by atoms with Crippen LogP contribution in [-0.2, 0) is 12.8 Å². The van der Waals surface area contributed by atoms with E-state index in [1.54, 1.807) is 14.2 Å². The Morgan fingerprint density at radius 2 is 1.61 bits per heavy atom. The number of benzene rings is 2. The molecular weight excluding hydrogens is 431 g/mol. The maximum atomic E-state index is 5.43. The normalized spacial score (nSPS) is 16.1. The first kappa shape index (κ1) is 27.6. The molecule has 1 unspecified atom stereocenters. The highest BCUT2D eigenvalue weighted by molar-refractivity contribution is 5.85. The zero-order valence-corrected chi connectivity index (χ0v) is 20.5. The molecule has 1 atom stereocenters. The van der Waals surface area contributed by atoms with Crippen molar-refractivity contribution >= 4 is 24.8 Å². The van der Waals surface area contributed by atoms with E-state index in [0.717, 1.165) is 31.0 Å². The van der Waals surface area contributed by atoms with Crippen LogP contribution in [0.5, 0.6) is 11.5 Å². The maximum absolute atomic E-state index is 5.43. The van der Waals surface area contributed by atoms with E-state index in [1.807, 2.05) is 6.07 Å². The van der Waals surface area contributed by atoms with Crippen molar-refractivity contribution in [3.8, 4) is 11.5 Å². The number of unbranched alkanes of at least 4 members (excludes halogenated alkanes) is 1. The average Bonchev–Trinajstić information content (AvgIpc) is 2.78. The zero-order valence-electron chi connectivity index (χ0n) is 18.8. The third-order valence-corrected chi connectivity index (χ3v) is 5.93. The fourth-order valence-corrected chi connectivity index (χ4v) is 4.25. The summed E-state index contributed by atoms with van der Waals surface area (Å²) in [5, 5.41) is 3.58. The van der Waals surface area contributed by atoms with Crippen LogP contribution >= 0.6 is 24.8 Å². The summed E-state index contributed by atoms with van der Waals surface area (Å²) in [7, 11) is 3.38. The number of methoxy groups -OCH3 is 2. The van der Waals surface area contributed by atoms with Gasteiger partial charge in [0.2, 0.25) is 0 Å². The van der Waals surface area contributed by atoms with E-state index < -0.39 is 0 Å². The number of hydrogen-bond donors (Lipinski definition) is 1. The van der Waals surface area contributed by atoms with Crippen LogP contribution in [0.1, 0.15) is 36.8 Å². The summed E-state index contributed by atoms with van der Waals surface area (Å²) in [5.74, 6) is 1.62. The summed E-state index contributed by atoms with van der Waals surface area (Å²) in [4.78, 5) is 2.70. The van der Waals surface area contributed by atoms with Gasteiger partial charge in [0.15, 0.2) is 11.5 Å². The molecule has 1 heterocycles. The minimum absolute atomic E-state index is 0. The third-order valence-electron chi connectivity index (χ3n) is 5.93. The predicted molar refractivity (Wildman–Crippen MR) is 135 cm³/mol. The largest absolute Gasteiger partial charge is 0.493 e. The molecule has 3 rings (SSSR count). The number of piperazine rings is 1. The Hall–Kier alpha value is -1.46. The Balaban J connectivity index is 0.00000240. The van der Waals surface area contributed by atoms with Crippen molar-refractivity contribution in [2.24, 2.45) is 0 Å². The van der Waals surface area contributed by atoms with Gasteiger partial charge < -0.3 is 14.8 Å². The average molecular weight is 469 g/mol. The Morgan fingerprint density at radius 3 is 2.35 bits per heavy atom. The molecule has 174 valence electrons. The molecule has 4 nitrogen and oxygen atoms in total. The van der Waals surface area contributed by atoms with Crippen LogP contribution < -0.4 is 14.8 Å². The monoisotopic (exact) mass is 468 g/mol. The third kappa shape index (κ3) is 8.89. The van der Waals surface area contributed by atoms with Crippen LogP contribution in [0.4, 0.5) is 0 Å². The standard InChI is InChI=1S/C25H36N2O2.2ClH/c1-28-24-15-14-22(19-25(24)29-2)12-8-13-23-20-26-16-18-27(23)17-7-6-11-21-9-4-3-5-10-21;;/h3-5,9-10,14-15,19,23,26H,6-8,11-13,16-18,20H2,1-2H3;2*1H. The molecule has 0 amide bonds. The van der Waals surface area contributed by atoms with Crippen molar-refractivity contribution < 1.29 is 9.47 Å². The van der Waals surface area contributed by atoms with Crippen LogP contribution in [0.25, 0.3) is 0 Å². The number of hydrogen-bond acceptors (Lipinski definition) is 4. The van der Waals surface area contributed by atoms with Gasteiger partial charge in [-0.05, 0) is 68.3 Å². The van der Waals surface area contributed by atoms with Gasteiger partial charge in [-0.1, -0.05) is 36.4 Å². The van der Waals surface area contributed by atoms with Crippen molar-refractivity contribution in [2.75, 3.05) is 40.4 Å². The first-order valence-corrected chi connectivity index (χ1v) is 11.0. The second kappa shape index (κ2) is 15.4. The van der Waals surface area contributed by atoms with Gasteiger partial charge in [0.25, 0.3) is 0 Å². The van der Waals surface area contributed by atoms with E-state index in [-0.39, 0.29) is 24.8 Å². The van der Waals surface area contributed by atoms with Gasteiger partial charge in [0.05, 0.1) is 14.2 Å². The van der Waals surface area contributed by atoms with E-state index >= 15 is 0 Å². The first-order chi connectivity index (χ1) is 14.3. The SMILES string of the molecule is COc1ccc(CCCC2CNCCN2CCCCc2ccccc2)cc1OC.Cl.Cl. The van der Waals surface area contributed by atoms with Crippen LogP contribution in [0.3, 0.4) is 0 Å². The fraction of sp³-hybridized carbons (Fsp3) is 0.520. The van der Waals surface area contributed by atoms with Crippen LogP contribution in [-0.4, -0.2) is 51.3 Å². The molecule has 0 bridgehead atoms. The van der Waals surface area contributed by atoms with Crippen LogP contribution in [0.2, 0.25) is 0 Å². The molecule has 0 saturated carbocycles. The summed E-state index contributed by atoms with van der Waals surface area (Å²) < 4.78 is 10.8. The van der Waals surface area contributed by atoms with Gasteiger partial charge in [0, 0.05) is 25.7 Å². The number of nitrogens with one attached hydrogen (secondary N) is 1. The Bertz CT molecular complexity index is 731. The van der Waals surface area contributed by atoms with Crippen molar-refractivity contribution in [2.45, 2.75) is 44.6 Å². The number of ether oxygens (including phenoxy) is 2. The van der Waals surface area contributed by atoms with Gasteiger partial charge in [-0.2, -0.15) is 0 Å². The maximum Gasteiger partial charge on any atom is 0.160 e. The molecule has 31 heavy (non-hydrogen) atoms. The number of nitrogens with zero attached hydrogens (tertiary/aromatic N) is 1. The number of rotatable bonds is 11. The lowest BCUT2D eigenvalue weighted by Crippen LogP contribution is -2.51. The lowest BCUT2D eigenvalue weighted by molar-refractivity contribution is 0.148. The summed E-state index contributed by atoms with van der Waals surface area (Å²) in [5.41, 5.74) is 2.78. The van der Waals surface area contributed by atoms with Crippen molar-refractivity contribution in [3.63, 3.8) is 0 Å². The molecule has 0 aliphatic carbocycles. The van der Waals surface area contributed by atoms with E-state index in [1.165, 1.54) is 56.3 Å². The van der Waals surface area contributed by atoms with Gasteiger partial charge in [-0.25, -0.2) is 0 Å². The Morgan fingerprint density at radius 1 is 0.871 bits per heavy atom. The smallest absolute Gasteiger partial charge is 0.160 e. The highest BCUT2D eigenvalue weighted by Gasteiger charge is 2.21. The zero-order chi connectivity index (χ0) is 20.3. The van der Waals surface area contributed by atoms with Crippen molar-refractivity contribution in [1.82, 2.24) is 10.2 Å². The molecule has 1 aliphatic heterocycles. The number of halogens is 2. The molecule has 6 heteroatoms. The van der Waals surface area contributed by atoms with Gasteiger partial charge in [-0.15, -0.1) is 24.8 Å². The van der Waals surface area contributed by atoms with Gasteiger partial charge >= 0.3 is 0 Å². The Labute approximate surface area is 200 Å². The molecule has 1 N–H and O–H groups in total. The van der Waals surface area contributed by atoms with Crippen molar-refractivity contribution in [3.05, 3.63) is 59.7 Å². The van der Waals surface area contributed by atoms with Crippen LogP contribution in [0.15, 0.2) is 48.5 Å². The molecule has 0 spiro atoms. The molecular formula is C25H38Cl2N2O2. The lowest BCUT2D eigenvalue weighted by Gasteiger charge is -2.36. The summed E-state index contributed by atoms with van der Waals surface area (Å²) in [6.07, 6.45) is 7.26. The minimum Gasteiger partial charge on any atom is -0.493 e. The second-order valence-electron chi connectivity index (χ2n) is 7.92. The Kier molecular flexibility index (Phi) is 13.7. The van der Waals surface area contributed by atoms with Crippen LogP contribution in [0, 0.1) is 0 Å². The van der Waals surface area contributed by atoms with Gasteiger partial charge in [-0.3, -0.25) is 4.90 Å². The van der Waals surface area contributed by atoms with E-state index in [4.69, 9.17) is 9.47 Å². The summed E-state index contributed by atoms with van der Waals surface area (Å²) >= 11 is 0. The molecule has 0 radical (unpaired) electrons. The second-order valence-corrected chi connectivity index (χ2v) is 7.92. The minimum atomic E-state index is 0. The molecule has 0 aromatic heterocycles. The quantitative estimate of drug-likeness (QED) is 0.461. The molecule has 2 aromatic rings. The van der Waals surface area contributed by atoms with E-state index in [2.05, 4.69) is 52.7 Å². The molecule has 1 aliphatic rings. The fourth-order valence-electron chi connectivity index (χ4n) is 4.25. The topological polar surface area (TPSA) is 33.7 Å². The highest BCUT2D eigenvalue weighted by Crippen LogP contribution is 2.28. The molecule has 1 saturated heterocycles. The van der Waals surface area contributed by atoms with Crippen molar-refractivity contribution in [1.29, 1.82) is 0 Å².